The zero-order valence-corrected chi connectivity index (χ0v) is 22.2. The number of aromatic nitrogens is 2. The predicted molar refractivity (Wildman–Crippen MR) is 152 cm³/mol. The Labute approximate surface area is 224 Å². The molecule has 0 aliphatic heterocycles. The van der Waals surface area contributed by atoms with E-state index in [1.807, 2.05) is 99.0 Å². The van der Waals surface area contributed by atoms with Gasteiger partial charge in [0.15, 0.2) is 0 Å². The lowest BCUT2D eigenvalue weighted by Gasteiger charge is -2.03. The Morgan fingerprint density at radius 2 is 0.921 bits per heavy atom. The molecule has 2 aromatic carbocycles. The van der Waals surface area contributed by atoms with Crippen LogP contribution < -0.4 is 19.8 Å². The van der Waals surface area contributed by atoms with Crippen LogP contribution in [-0.2, 0) is 13.1 Å². The average Bonchev–Trinajstić information content (AvgIpc) is 2.98. The summed E-state index contributed by atoms with van der Waals surface area (Å²) in [7, 11) is 3.81. The summed E-state index contributed by atoms with van der Waals surface area (Å²) in [6.45, 7) is 1.83. The molecule has 38 heavy (non-hydrogen) atoms. The maximum atomic E-state index is 4.49. The molecule has 4 aromatic rings. The van der Waals surface area contributed by atoms with Crippen LogP contribution in [0, 0.1) is 0 Å². The molecular formula is C30H36N8+2. The van der Waals surface area contributed by atoms with Crippen molar-refractivity contribution in [2.45, 2.75) is 38.8 Å². The number of hydrogen-bond donors (Lipinski definition) is 2. The van der Waals surface area contributed by atoms with Crippen LogP contribution in [-0.4, -0.2) is 14.1 Å². The third-order valence-electron chi connectivity index (χ3n) is 6.23. The van der Waals surface area contributed by atoms with Gasteiger partial charge in [-0.15, -0.1) is 0 Å². The Morgan fingerprint density at radius 1 is 0.500 bits per heavy atom. The van der Waals surface area contributed by atoms with Crippen LogP contribution in [0.25, 0.3) is 0 Å². The van der Waals surface area contributed by atoms with E-state index in [1.54, 1.807) is 0 Å². The van der Waals surface area contributed by atoms with Crippen molar-refractivity contribution >= 4 is 34.4 Å². The van der Waals surface area contributed by atoms with Crippen LogP contribution in [0.1, 0.15) is 25.7 Å². The molecule has 4 rings (SSSR count). The van der Waals surface area contributed by atoms with Crippen LogP contribution in [0.5, 0.6) is 0 Å². The van der Waals surface area contributed by atoms with E-state index in [9.17, 15) is 0 Å². The highest BCUT2D eigenvalue weighted by Gasteiger charge is 2.10. The zero-order valence-electron chi connectivity index (χ0n) is 22.2. The molecule has 194 valence electrons. The van der Waals surface area contributed by atoms with Crippen LogP contribution in [0.4, 0.5) is 34.4 Å². The summed E-state index contributed by atoms with van der Waals surface area (Å²) in [5.41, 5.74) is 3.79. The van der Waals surface area contributed by atoms with Crippen molar-refractivity contribution in [3.8, 4) is 0 Å². The third kappa shape index (κ3) is 8.03. The molecule has 0 radical (unpaired) electrons. The van der Waals surface area contributed by atoms with Crippen LogP contribution >= 0.6 is 0 Å². The first kappa shape index (κ1) is 26.6. The van der Waals surface area contributed by atoms with E-state index in [4.69, 9.17) is 0 Å². The monoisotopic (exact) mass is 508 g/mol. The first-order chi connectivity index (χ1) is 18.7. The smallest absolute Gasteiger partial charge is 0.350 e. The molecule has 8 heteroatoms. The SMILES string of the molecule is CNc1ccc(N=Nc2cccc[n+]2CCCCCC[n+]2ccccc2N=Nc2ccc(NC)cc2)cc1. The minimum atomic E-state index is 0.836. The molecule has 0 saturated heterocycles. The van der Waals surface area contributed by atoms with Crippen molar-refractivity contribution in [2.24, 2.45) is 20.5 Å². The largest absolute Gasteiger partial charge is 0.388 e. The van der Waals surface area contributed by atoms with Crippen molar-refractivity contribution in [1.29, 1.82) is 0 Å². The molecule has 0 unspecified atom stereocenters. The normalized spacial score (nSPS) is 11.3. The Balaban J connectivity index is 1.24. The van der Waals surface area contributed by atoms with E-state index < -0.39 is 0 Å². The highest BCUT2D eigenvalue weighted by molar-refractivity contribution is 5.51. The van der Waals surface area contributed by atoms with E-state index in [2.05, 4.69) is 52.6 Å². The Hall–Kier alpha value is -4.46. The van der Waals surface area contributed by atoms with Crippen molar-refractivity contribution in [3.05, 3.63) is 97.3 Å². The van der Waals surface area contributed by atoms with Crippen molar-refractivity contribution in [2.75, 3.05) is 24.7 Å². The number of unbranched alkanes of at least 4 members (excludes halogenated alkanes) is 3. The lowest BCUT2D eigenvalue weighted by atomic mass is 10.2. The molecular weight excluding hydrogens is 472 g/mol. The van der Waals surface area contributed by atoms with Gasteiger partial charge in [0.2, 0.25) is 0 Å². The van der Waals surface area contributed by atoms with Gasteiger partial charge in [-0.3, -0.25) is 0 Å². The number of pyridine rings is 2. The summed E-state index contributed by atoms with van der Waals surface area (Å²) in [6, 6.07) is 27.9. The van der Waals surface area contributed by atoms with Gasteiger partial charge in [-0.2, -0.15) is 0 Å². The lowest BCUT2D eigenvalue weighted by Crippen LogP contribution is -2.34. The second-order valence-electron chi connectivity index (χ2n) is 8.91. The minimum Gasteiger partial charge on any atom is -0.388 e. The molecule has 2 heterocycles. The number of rotatable bonds is 13. The van der Waals surface area contributed by atoms with E-state index >= 15 is 0 Å². The summed E-state index contributed by atoms with van der Waals surface area (Å²) in [5, 5.41) is 24.0. The number of benzene rings is 2. The van der Waals surface area contributed by atoms with E-state index in [0.29, 0.717) is 0 Å². The fraction of sp³-hybridized carbons (Fsp3) is 0.267. The third-order valence-corrected chi connectivity index (χ3v) is 6.23. The highest BCUT2D eigenvalue weighted by Crippen LogP contribution is 2.19. The number of nitrogens with one attached hydrogen (secondary N) is 2. The van der Waals surface area contributed by atoms with Gasteiger partial charge in [-0.25, -0.2) is 9.13 Å². The topological polar surface area (TPSA) is 81.3 Å². The van der Waals surface area contributed by atoms with E-state index in [-0.39, 0.29) is 0 Å². The molecule has 0 bridgehead atoms. The molecule has 0 spiro atoms. The Morgan fingerprint density at radius 3 is 1.32 bits per heavy atom. The number of azo groups is 2. The van der Waals surface area contributed by atoms with Gasteiger partial charge in [0.1, 0.15) is 11.4 Å². The first-order valence-corrected chi connectivity index (χ1v) is 13.1. The van der Waals surface area contributed by atoms with Gasteiger partial charge < -0.3 is 10.6 Å². The maximum Gasteiger partial charge on any atom is 0.350 e. The summed E-state index contributed by atoms with van der Waals surface area (Å²) in [4.78, 5) is 0. The van der Waals surface area contributed by atoms with Crippen LogP contribution in [0.2, 0.25) is 0 Å². The number of nitrogens with zero attached hydrogens (tertiary/aromatic N) is 6. The van der Waals surface area contributed by atoms with Crippen molar-refractivity contribution < 1.29 is 9.13 Å². The Kier molecular flexibility index (Phi) is 10.0. The quantitative estimate of drug-likeness (QED) is 0.112. The van der Waals surface area contributed by atoms with Crippen molar-refractivity contribution in [3.63, 3.8) is 0 Å². The molecule has 0 amide bonds. The summed E-state index contributed by atoms with van der Waals surface area (Å²) < 4.78 is 4.33. The standard InChI is InChI=1S/C30H34N8/c1-31-25-13-17-27(18-14-25)33-35-29-11-5-9-23-37(29)21-7-3-4-8-22-38-24-10-6-12-30(38)36-34-28-19-15-26(32-2)16-20-28/h5-6,9-20,23-24H,3-4,7-8,21-22H2,1-2H3/p+2. The maximum absolute atomic E-state index is 4.49. The lowest BCUT2D eigenvalue weighted by molar-refractivity contribution is -0.686. The zero-order chi connectivity index (χ0) is 26.4. The summed E-state index contributed by atoms with van der Waals surface area (Å²) in [6.07, 6.45) is 8.60. The molecule has 2 N–H and O–H groups in total. The van der Waals surface area contributed by atoms with Gasteiger partial charge >= 0.3 is 11.6 Å². The molecule has 0 aliphatic rings. The second-order valence-corrected chi connectivity index (χ2v) is 8.91. The van der Waals surface area contributed by atoms with E-state index in [1.165, 1.54) is 0 Å². The fourth-order valence-electron chi connectivity index (χ4n) is 4.02. The van der Waals surface area contributed by atoms with Gasteiger partial charge in [0.05, 0.1) is 35.7 Å². The fourth-order valence-corrected chi connectivity index (χ4v) is 4.02. The molecule has 0 saturated carbocycles. The van der Waals surface area contributed by atoms with Crippen LogP contribution in [0.15, 0.2) is 118 Å². The number of anilines is 2. The minimum absolute atomic E-state index is 0.836. The number of hydrogen-bond acceptors (Lipinski definition) is 6. The van der Waals surface area contributed by atoms with Gasteiger partial charge in [0.25, 0.3) is 0 Å². The first-order valence-electron chi connectivity index (χ1n) is 13.1. The number of aryl methyl sites for hydroxylation is 2. The molecule has 0 fully saturated rings. The predicted octanol–water partition coefficient (Wildman–Crippen LogP) is 7.44. The molecule has 8 nitrogen and oxygen atoms in total. The molecule has 0 aliphatic carbocycles. The summed E-state index contributed by atoms with van der Waals surface area (Å²) in [5.74, 6) is 1.72. The van der Waals surface area contributed by atoms with Gasteiger partial charge in [0, 0.05) is 37.6 Å². The Bertz CT molecular complexity index is 1230. The summed E-state index contributed by atoms with van der Waals surface area (Å²) >= 11 is 0. The van der Waals surface area contributed by atoms with Crippen LogP contribution in [0.3, 0.4) is 0 Å². The van der Waals surface area contributed by atoms with E-state index in [0.717, 1.165) is 73.2 Å². The highest BCUT2D eigenvalue weighted by atomic mass is 15.2. The van der Waals surface area contributed by atoms with Gasteiger partial charge in [-0.1, -0.05) is 12.1 Å². The molecule has 0 atom stereocenters. The second kappa shape index (κ2) is 14.3. The van der Waals surface area contributed by atoms with Gasteiger partial charge in [-0.05, 0) is 96.6 Å². The van der Waals surface area contributed by atoms with Crippen molar-refractivity contribution in [1.82, 2.24) is 0 Å². The molecule has 2 aromatic heterocycles. The average molecular weight is 509 g/mol.